The molecule has 0 aliphatic carbocycles. The highest BCUT2D eigenvalue weighted by Gasteiger charge is 2.13. The second-order valence-corrected chi connectivity index (χ2v) is 4.86. The lowest BCUT2D eigenvalue weighted by molar-refractivity contribution is 0.177. The molecule has 0 aliphatic rings. The van der Waals surface area contributed by atoms with Crippen LogP contribution >= 0.6 is 11.6 Å². The van der Waals surface area contributed by atoms with Crippen molar-refractivity contribution in [2.24, 2.45) is 0 Å². The van der Waals surface area contributed by atoms with Crippen molar-refractivity contribution in [1.82, 2.24) is 0 Å². The van der Waals surface area contributed by atoms with Gasteiger partial charge in [0, 0.05) is 17.5 Å². The van der Waals surface area contributed by atoms with E-state index in [0.717, 1.165) is 11.6 Å². The average molecular weight is 283 g/mol. The quantitative estimate of drug-likeness (QED) is 0.894. The van der Waals surface area contributed by atoms with Gasteiger partial charge < -0.3 is 5.11 Å². The average Bonchev–Trinajstić information content (AvgIpc) is 2.31. The third-order valence-electron chi connectivity index (χ3n) is 3.02. The molecule has 1 unspecified atom stereocenters. The lowest BCUT2D eigenvalue weighted by atomic mass is 9.97. The fourth-order valence-corrected chi connectivity index (χ4v) is 2.23. The summed E-state index contributed by atoms with van der Waals surface area (Å²) in [4.78, 5) is 0. The maximum Gasteiger partial charge on any atom is 0.126 e. The first-order chi connectivity index (χ1) is 8.97. The summed E-state index contributed by atoms with van der Waals surface area (Å²) >= 11 is 5.98. The van der Waals surface area contributed by atoms with E-state index in [0.29, 0.717) is 16.1 Å². The van der Waals surface area contributed by atoms with E-state index in [1.54, 1.807) is 25.1 Å². The standard InChI is InChI=1S/C15H13ClF2O/c1-9-13(3-2-4-14(9)16)15(19)7-10-5-11(17)8-12(18)6-10/h2-6,8,15,19H,7H2,1H3. The Hall–Kier alpha value is -1.45. The monoisotopic (exact) mass is 282 g/mol. The van der Waals surface area contributed by atoms with Crippen LogP contribution in [0.4, 0.5) is 8.78 Å². The van der Waals surface area contributed by atoms with Crippen LogP contribution in [0.2, 0.25) is 5.02 Å². The van der Waals surface area contributed by atoms with Crippen molar-refractivity contribution in [3.63, 3.8) is 0 Å². The van der Waals surface area contributed by atoms with E-state index in [9.17, 15) is 13.9 Å². The van der Waals surface area contributed by atoms with Crippen LogP contribution < -0.4 is 0 Å². The molecule has 1 atom stereocenters. The van der Waals surface area contributed by atoms with E-state index in [2.05, 4.69) is 0 Å². The molecule has 0 aliphatic heterocycles. The minimum atomic E-state index is -0.847. The van der Waals surface area contributed by atoms with Crippen molar-refractivity contribution in [3.8, 4) is 0 Å². The fourth-order valence-electron chi connectivity index (χ4n) is 2.05. The van der Waals surface area contributed by atoms with Gasteiger partial charge in [-0.1, -0.05) is 23.7 Å². The molecule has 100 valence electrons. The zero-order chi connectivity index (χ0) is 14.0. The second kappa shape index (κ2) is 5.68. The molecule has 0 bridgehead atoms. The number of aliphatic hydroxyl groups excluding tert-OH is 1. The van der Waals surface area contributed by atoms with Crippen molar-refractivity contribution in [3.05, 3.63) is 69.7 Å². The third kappa shape index (κ3) is 3.31. The number of hydrogen-bond acceptors (Lipinski definition) is 1. The molecule has 0 saturated carbocycles. The molecule has 0 saturated heterocycles. The molecule has 0 spiro atoms. The van der Waals surface area contributed by atoms with Crippen LogP contribution in [-0.4, -0.2) is 5.11 Å². The summed E-state index contributed by atoms with van der Waals surface area (Å²) in [6, 6.07) is 8.45. The molecule has 4 heteroatoms. The van der Waals surface area contributed by atoms with Crippen molar-refractivity contribution >= 4 is 11.6 Å². The van der Waals surface area contributed by atoms with Gasteiger partial charge >= 0.3 is 0 Å². The van der Waals surface area contributed by atoms with Crippen molar-refractivity contribution < 1.29 is 13.9 Å². The van der Waals surface area contributed by atoms with Crippen LogP contribution in [0.5, 0.6) is 0 Å². The summed E-state index contributed by atoms with van der Waals surface area (Å²) in [7, 11) is 0. The van der Waals surface area contributed by atoms with Gasteiger partial charge in [0.1, 0.15) is 11.6 Å². The predicted octanol–water partition coefficient (Wildman–Crippen LogP) is 4.20. The molecular formula is C15H13ClF2O. The lowest BCUT2D eigenvalue weighted by Crippen LogP contribution is -2.04. The third-order valence-corrected chi connectivity index (χ3v) is 3.43. The van der Waals surface area contributed by atoms with Gasteiger partial charge in [-0.15, -0.1) is 0 Å². The van der Waals surface area contributed by atoms with E-state index in [1.807, 2.05) is 0 Å². The number of benzene rings is 2. The maximum absolute atomic E-state index is 13.1. The molecule has 1 N–H and O–H groups in total. The van der Waals surface area contributed by atoms with Crippen LogP contribution in [0, 0.1) is 18.6 Å². The van der Waals surface area contributed by atoms with Gasteiger partial charge in [-0.05, 0) is 41.8 Å². The first-order valence-electron chi connectivity index (χ1n) is 5.85. The summed E-state index contributed by atoms with van der Waals surface area (Å²) in [6.07, 6.45) is -0.713. The summed E-state index contributed by atoms with van der Waals surface area (Å²) in [5, 5.41) is 10.7. The van der Waals surface area contributed by atoms with Gasteiger partial charge in [-0.2, -0.15) is 0 Å². The van der Waals surface area contributed by atoms with E-state index < -0.39 is 17.7 Å². The van der Waals surface area contributed by atoms with Crippen LogP contribution in [0.3, 0.4) is 0 Å². The normalized spacial score (nSPS) is 12.5. The summed E-state index contributed by atoms with van der Waals surface area (Å²) < 4.78 is 26.2. The molecule has 0 heterocycles. The lowest BCUT2D eigenvalue weighted by Gasteiger charge is -2.15. The van der Waals surface area contributed by atoms with Gasteiger partial charge in [0.2, 0.25) is 0 Å². The molecule has 2 aromatic rings. The second-order valence-electron chi connectivity index (χ2n) is 4.45. The molecule has 19 heavy (non-hydrogen) atoms. The van der Waals surface area contributed by atoms with Crippen molar-refractivity contribution in [2.75, 3.05) is 0 Å². The van der Waals surface area contributed by atoms with Gasteiger partial charge in [-0.3, -0.25) is 0 Å². The predicted molar refractivity (Wildman–Crippen MR) is 71.2 cm³/mol. The van der Waals surface area contributed by atoms with Crippen LogP contribution in [-0.2, 0) is 6.42 Å². The number of halogens is 3. The van der Waals surface area contributed by atoms with Crippen molar-refractivity contribution in [1.29, 1.82) is 0 Å². The SMILES string of the molecule is Cc1c(Cl)cccc1C(O)Cc1cc(F)cc(F)c1. The molecule has 0 fully saturated rings. The zero-order valence-corrected chi connectivity index (χ0v) is 11.1. The molecule has 0 aromatic heterocycles. The van der Waals surface area contributed by atoms with Crippen LogP contribution in [0.25, 0.3) is 0 Å². The first-order valence-corrected chi connectivity index (χ1v) is 6.23. The van der Waals surface area contributed by atoms with E-state index in [-0.39, 0.29) is 6.42 Å². The summed E-state index contributed by atoms with van der Waals surface area (Å²) in [6.45, 7) is 1.80. The molecule has 0 amide bonds. The molecule has 0 radical (unpaired) electrons. The maximum atomic E-state index is 13.1. The van der Waals surface area contributed by atoms with Gasteiger partial charge in [0.15, 0.2) is 0 Å². The molecule has 2 rings (SSSR count). The van der Waals surface area contributed by atoms with Crippen LogP contribution in [0.1, 0.15) is 22.8 Å². The Morgan fingerprint density at radius 1 is 1.16 bits per heavy atom. The van der Waals surface area contributed by atoms with E-state index in [1.165, 1.54) is 12.1 Å². The summed E-state index contributed by atoms with van der Waals surface area (Å²) in [5.74, 6) is -1.30. The Kier molecular flexibility index (Phi) is 4.17. The Morgan fingerprint density at radius 2 is 1.79 bits per heavy atom. The molecule has 1 nitrogen and oxygen atoms in total. The molecule has 2 aromatic carbocycles. The number of rotatable bonds is 3. The van der Waals surface area contributed by atoms with Crippen molar-refractivity contribution in [2.45, 2.75) is 19.4 Å². The highest BCUT2D eigenvalue weighted by atomic mass is 35.5. The Morgan fingerprint density at radius 3 is 2.42 bits per heavy atom. The largest absolute Gasteiger partial charge is 0.388 e. The minimum Gasteiger partial charge on any atom is -0.388 e. The van der Waals surface area contributed by atoms with E-state index >= 15 is 0 Å². The molecular weight excluding hydrogens is 270 g/mol. The summed E-state index contributed by atoms with van der Waals surface area (Å²) in [5.41, 5.74) is 1.84. The van der Waals surface area contributed by atoms with Crippen LogP contribution in [0.15, 0.2) is 36.4 Å². The Labute approximate surface area is 115 Å². The Balaban J connectivity index is 2.25. The minimum absolute atomic E-state index is 0.135. The Bertz CT molecular complexity index is 578. The fraction of sp³-hybridized carbons (Fsp3) is 0.200. The highest BCUT2D eigenvalue weighted by Crippen LogP contribution is 2.26. The first kappa shape index (κ1) is 14.0. The van der Waals surface area contributed by atoms with Gasteiger partial charge in [0.25, 0.3) is 0 Å². The number of hydrogen-bond donors (Lipinski definition) is 1. The van der Waals surface area contributed by atoms with Gasteiger partial charge in [-0.25, -0.2) is 8.78 Å². The number of aliphatic hydroxyl groups is 1. The zero-order valence-electron chi connectivity index (χ0n) is 10.3. The van der Waals surface area contributed by atoms with E-state index in [4.69, 9.17) is 11.6 Å². The van der Waals surface area contributed by atoms with Gasteiger partial charge in [0.05, 0.1) is 6.10 Å². The smallest absolute Gasteiger partial charge is 0.126 e. The topological polar surface area (TPSA) is 20.2 Å². The highest BCUT2D eigenvalue weighted by molar-refractivity contribution is 6.31.